The molecule has 16 heavy (non-hydrogen) atoms. The fourth-order valence-electron chi connectivity index (χ4n) is 4.06. The van der Waals surface area contributed by atoms with Crippen molar-refractivity contribution in [2.24, 2.45) is 22.5 Å². The molecule has 3 unspecified atom stereocenters. The topological polar surface area (TPSA) is 38.0 Å². The molecule has 2 aliphatic carbocycles. The van der Waals surface area contributed by atoms with Crippen molar-refractivity contribution in [3.05, 3.63) is 0 Å². The maximum absolute atomic E-state index is 5.52. The van der Waals surface area contributed by atoms with Crippen LogP contribution in [-0.2, 0) is 0 Å². The van der Waals surface area contributed by atoms with E-state index in [2.05, 4.69) is 26.1 Å². The largest absolute Gasteiger partial charge is 0.330 e. The van der Waals surface area contributed by atoms with E-state index in [1.807, 2.05) is 0 Å². The van der Waals surface area contributed by atoms with Gasteiger partial charge in [-0.05, 0) is 61.9 Å². The van der Waals surface area contributed by atoms with Crippen molar-refractivity contribution < 1.29 is 0 Å². The number of rotatable bonds is 5. The minimum absolute atomic E-state index is 0.528. The Morgan fingerprint density at radius 3 is 2.50 bits per heavy atom. The van der Waals surface area contributed by atoms with E-state index in [0.717, 1.165) is 31.5 Å². The van der Waals surface area contributed by atoms with Crippen molar-refractivity contribution in [2.75, 3.05) is 13.1 Å². The first-order valence-electron chi connectivity index (χ1n) is 6.96. The summed E-state index contributed by atoms with van der Waals surface area (Å²) in [5, 5.41) is 3.79. The highest BCUT2D eigenvalue weighted by molar-refractivity contribution is 5.12. The third-order valence-corrected chi connectivity index (χ3v) is 5.82. The van der Waals surface area contributed by atoms with Gasteiger partial charge in [-0.15, -0.1) is 0 Å². The van der Waals surface area contributed by atoms with Gasteiger partial charge in [0.05, 0.1) is 0 Å². The minimum atomic E-state index is 0.528. The molecule has 2 saturated carbocycles. The van der Waals surface area contributed by atoms with Gasteiger partial charge in [0.15, 0.2) is 0 Å². The van der Waals surface area contributed by atoms with Gasteiger partial charge >= 0.3 is 0 Å². The molecule has 2 fully saturated rings. The summed E-state index contributed by atoms with van der Waals surface area (Å²) in [4.78, 5) is 0. The highest BCUT2D eigenvalue weighted by Gasteiger charge is 2.60. The molecule has 0 aromatic heterocycles. The quantitative estimate of drug-likeness (QED) is 0.704. The molecule has 2 nitrogen and oxygen atoms in total. The molecule has 0 aliphatic heterocycles. The molecule has 0 saturated heterocycles. The van der Waals surface area contributed by atoms with E-state index < -0.39 is 0 Å². The molecule has 2 bridgehead atoms. The monoisotopic (exact) mass is 224 g/mol. The molecule has 0 spiro atoms. The Balaban J connectivity index is 1.89. The third-order valence-electron chi connectivity index (χ3n) is 5.82. The number of fused-ring (bicyclic) bond motifs is 2. The van der Waals surface area contributed by atoms with Crippen LogP contribution in [0.4, 0.5) is 0 Å². The zero-order chi connectivity index (χ0) is 11.8. The van der Waals surface area contributed by atoms with Crippen LogP contribution in [0.5, 0.6) is 0 Å². The number of unbranched alkanes of at least 4 members (excludes halogenated alkanes) is 1. The molecule has 2 aliphatic rings. The zero-order valence-electron chi connectivity index (χ0n) is 11.2. The molecule has 0 amide bonds. The number of hydrogen-bond donors (Lipinski definition) is 2. The Kier molecular flexibility index (Phi) is 3.33. The van der Waals surface area contributed by atoms with Gasteiger partial charge in [-0.3, -0.25) is 0 Å². The molecule has 3 N–H and O–H groups in total. The van der Waals surface area contributed by atoms with Crippen molar-refractivity contribution in [2.45, 2.75) is 58.9 Å². The van der Waals surface area contributed by atoms with E-state index in [4.69, 9.17) is 5.73 Å². The Labute approximate surface area is 100 Å². The summed E-state index contributed by atoms with van der Waals surface area (Å²) in [6, 6.07) is 0.749. The second-order valence-electron chi connectivity index (χ2n) is 6.61. The molecule has 3 atom stereocenters. The fraction of sp³-hybridized carbons (Fsp3) is 1.00. The summed E-state index contributed by atoms with van der Waals surface area (Å²) in [6.07, 6.45) is 6.65. The predicted octanol–water partition coefficient (Wildman–Crippen LogP) is 2.53. The summed E-state index contributed by atoms with van der Waals surface area (Å²) in [6.45, 7) is 9.44. The lowest BCUT2D eigenvalue weighted by Gasteiger charge is -2.39. The Hall–Kier alpha value is -0.0800. The molecular weight excluding hydrogens is 196 g/mol. The molecule has 0 aromatic carbocycles. The highest BCUT2D eigenvalue weighted by atomic mass is 15.0. The smallest absolute Gasteiger partial charge is 0.0129 e. The van der Waals surface area contributed by atoms with Crippen LogP contribution in [0.2, 0.25) is 0 Å². The van der Waals surface area contributed by atoms with Crippen LogP contribution in [0.15, 0.2) is 0 Å². The third kappa shape index (κ3) is 1.70. The normalized spacial score (nSPS) is 40.5. The second-order valence-corrected chi connectivity index (χ2v) is 6.61. The molecule has 2 heteroatoms. The molecule has 0 aromatic rings. The van der Waals surface area contributed by atoms with Crippen LogP contribution in [0.1, 0.15) is 52.9 Å². The molecule has 2 rings (SSSR count). The van der Waals surface area contributed by atoms with Crippen molar-refractivity contribution in [1.82, 2.24) is 5.32 Å². The van der Waals surface area contributed by atoms with Crippen molar-refractivity contribution >= 4 is 0 Å². The van der Waals surface area contributed by atoms with Gasteiger partial charge in [0.25, 0.3) is 0 Å². The van der Waals surface area contributed by atoms with Gasteiger partial charge in [-0.1, -0.05) is 20.8 Å². The number of nitrogens with two attached hydrogens (primary N) is 1. The number of nitrogens with one attached hydrogen (secondary N) is 1. The van der Waals surface area contributed by atoms with Crippen LogP contribution >= 0.6 is 0 Å². The summed E-state index contributed by atoms with van der Waals surface area (Å²) in [5.41, 5.74) is 6.59. The van der Waals surface area contributed by atoms with Crippen LogP contribution in [0.25, 0.3) is 0 Å². The first-order valence-corrected chi connectivity index (χ1v) is 6.96. The van der Waals surface area contributed by atoms with Gasteiger partial charge in [-0.2, -0.15) is 0 Å². The lowest BCUT2D eigenvalue weighted by atomic mass is 9.69. The van der Waals surface area contributed by atoms with Gasteiger partial charge in [0.2, 0.25) is 0 Å². The predicted molar refractivity (Wildman–Crippen MR) is 69.3 cm³/mol. The Morgan fingerprint density at radius 2 is 2.00 bits per heavy atom. The van der Waals surface area contributed by atoms with E-state index >= 15 is 0 Å². The summed E-state index contributed by atoms with van der Waals surface area (Å²) >= 11 is 0. The SMILES string of the molecule is CC1(C)C2CCC1(C)C(NCCCCN)C2. The molecular formula is C14H28N2. The Bertz CT molecular complexity index is 249. The zero-order valence-corrected chi connectivity index (χ0v) is 11.2. The Morgan fingerprint density at radius 1 is 1.25 bits per heavy atom. The van der Waals surface area contributed by atoms with E-state index in [0.29, 0.717) is 10.8 Å². The van der Waals surface area contributed by atoms with Gasteiger partial charge < -0.3 is 11.1 Å². The van der Waals surface area contributed by atoms with E-state index in [-0.39, 0.29) is 0 Å². The second kappa shape index (κ2) is 4.30. The maximum Gasteiger partial charge on any atom is 0.0129 e. The molecule has 0 radical (unpaired) electrons. The average molecular weight is 224 g/mol. The average Bonchev–Trinajstić information content (AvgIpc) is 2.57. The van der Waals surface area contributed by atoms with Gasteiger partial charge in [0, 0.05) is 6.04 Å². The summed E-state index contributed by atoms with van der Waals surface area (Å²) < 4.78 is 0. The van der Waals surface area contributed by atoms with E-state index in [9.17, 15) is 0 Å². The first kappa shape index (κ1) is 12.4. The van der Waals surface area contributed by atoms with Crippen LogP contribution in [-0.4, -0.2) is 19.1 Å². The van der Waals surface area contributed by atoms with Gasteiger partial charge in [0.1, 0.15) is 0 Å². The molecule has 94 valence electrons. The van der Waals surface area contributed by atoms with Gasteiger partial charge in [-0.25, -0.2) is 0 Å². The first-order chi connectivity index (χ1) is 7.52. The van der Waals surface area contributed by atoms with Crippen molar-refractivity contribution in [3.8, 4) is 0 Å². The van der Waals surface area contributed by atoms with E-state index in [1.165, 1.54) is 25.7 Å². The molecule has 0 heterocycles. The summed E-state index contributed by atoms with van der Waals surface area (Å²) in [7, 11) is 0. The van der Waals surface area contributed by atoms with Crippen LogP contribution in [0.3, 0.4) is 0 Å². The van der Waals surface area contributed by atoms with Crippen LogP contribution in [0, 0.1) is 16.7 Å². The van der Waals surface area contributed by atoms with Crippen molar-refractivity contribution in [1.29, 1.82) is 0 Å². The maximum atomic E-state index is 5.52. The highest BCUT2D eigenvalue weighted by Crippen LogP contribution is 2.65. The lowest BCUT2D eigenvalue weighted by molar-refractivity contribution is 0.121. The van der Waals surface area contributed by atoms with Crippen LogP contribution < -0.4 is 11.1 Å². The van der Waals surface area contributed by atoms with E-state index in [1.54, 1.807) is 0 Å². The lowest BCUT2D eigenvalue weighted by Crippen LogP contribution is -2.44. The standard InChI is InChI=1S/C14H28N2/c1-13(2)11-6-7-14(13,3)12(10-11)16-9-5-4-8-15/h11-12,16H,4-10,15H2,1-3H3. The number of hydrogen-bond acceptors (Lipinski definition) is 2. The van der Waals surface area contributed by atoms with Crippen molar-refractivity contribution in [3.63, 3.8) is 0 Å². The summed E-state index contributed by atoms with van der Waals surface area (Å²) in [5.74, 6) is 0.949. The minimum Gasteiger partial charge on any atom is -0.330 e. The fourth-order valence-corrected chi connectivity index (χ4v) is 4.06.